The van der Waals surface area contributed by atoms with E-state index in [1.54, 1.807) is 7.05 Å². The van der Waals surface area contributed by atoms with Crippen molar-refractivity contribution in [1.82, 2.24) is 19.1 Å². The molecule has 4 rings (SSSR count). The SMILES string of the molecule is Cn1c(=O)n(CCOc2ccccc2)c(=O)c2cnc(-c3cccs3)nc21. The molecule has 3 aromatic heterocycles. The van der Waals surface area contributed by atoms with Crippen LogP contribution < -0.4 is 16.0 Å². The molecule has 0 spiro atoms. The molecular formula is C19H16N4O3S. The molecule has 0 atom stereocenters. The van der Waals surface area contributed by atoms with E-state index in [0.717, 1.165) is 9.44 Å². The van der Waals surface area contributed by atoms with Gasteiger partial charge in [-0.05, 0) is 23.6 Å². The number of nitrogens with zero attached hydrogens (tertiary/aromatic N) is 4. The van der Waals surface area contributed by atoms with Crippen molar-refractivity contribution in [3.05, 3.63) is 74.9 Å². The molecule has 27 heavy (non-hydrogen) atoms. The van der Waals surface area contributed by atoms with Gasteiger partial charge in [0.2, 0.25) is 0 Å². The molecule has 0 radical (unpaired) electrons. The summed E-state index contributed by atoms with van der Waals surface area (Å²) in [6, 6.07) is 13.0. The predicted octanol–water partition coefficient (Wildman–Crippen LogP) is 2.30. The number of aromatic nitrogens is 4. The normalized spacial score (nSPS) is 11.0. The minimum atomic E-state index is -0.431. The van der Waals surface area contributed by atoms with Crippen molar-refractivity contribution in [3.63, 3.8) is 0 Å². The van der Waals surface area contributed by atoms with Gasteiger partial charge in [-0.2, -0.15) is 0 Å². The van der Waals surface area contributed by atoms with Crippen molar-refractivity contribution < 1.29 is 4.74 Å². The lowest BCUT2D eigenvalue weighted by Gasteiger charge is -2.11. The zero-order valence-corrected chi connectivity index (χ0v) is 15.3. The maximum Gasteiger partial charge on any atom is 0.332 e. The van der Waals surface area contributed by atoms with Crippen LogP contribution in [-0.2, 0) is 13.6 Å². The van der Waals surface area contributed by atoms with Crippen molar-refractivity contribution in [2.75, 3.05) is 6.61 Å². The van der Waals surface area contributed by atoms with Crippen LogP contribution in [0, 0.1) is 0 Å². The number of ether oxygens (including phenoxy) is 1. The maximum atomic E-state index is 12.8. The number of aryl methyl sites for hydroxylation is 1. The number of hydrogen-bond donors (Lipinski definition) is 0. The van der Waals surface area contributed by atoms with Crippen LogP contribution in [0.4, 0.5) is 0 Å². The first-order valence-corrected chi connectivity index (χ1v) is 9.21. The van der Waals surface area contributed by atoms with Gasteiger partial charge in [-0.25, -0.2) is 14.8 Å². The van der Waals surface area contributed by atoms with Crippen LogP contribution in [-0.4, -0.2) is 25.7 Å². The summed E-state index contributed by atoms with van der Waals surface area (Å²) in [5.41, 5.74) is -0.522. The lowest BCUT2D eigenvalue weighted by atomic mass is 10.3. The predicted molar refractivity (Wildman–Crippen MR) is 104 cm³/mol. The Morgan fingerprint density at radius 3 is 2.67 bits per heavy atom. The molecule has 0 saturated carbocycles. The van der Waals surface area contributed by atoms with Crippen LogP contribution in [0.3, 0.4) is 0 Å². The van der Waals surface area contributed by atoms with Crippen LogP contribution in [0.1, 0.15) is 0 Å². The average molecular weight is 380 g/mol. The lowest BCUT2D eigenvalue weighted by molar-refractivity contribution is 0.293. The van der Waals surface area contributed by atoms with Gasteiger partial charge in [-0.1, -0.05) is 24.3 Å². The molecule has 0 fully saturated rings. The van der Waals surface area contributed by atoms with Gasteiger partial charge in [0.1, 0.15) is 17.7 Å². The summed E-state index contributed by atoms with van der Waals surface area (Å²) in [7, 11) is 1.60. The van der Waals surface area contributed by atoms with Crippen molar-refractivity contribution in [3.8, 4) is 16.5 Å². The monoisotopic (exact) mass is 380 g/mol. The zero-order chi connectivity index (χ0) is 18.8. The smallest absolute Gasteiger partial charge is 0.332 e. The fourth-order valence-electron chi connectivity index (χ4n) is 2.78. The van der Waals surface area contributed by atoms with E-state index in [9.17, 15) is 9.59 Å². The summed E-state index contributed by atoms with van der Waals surface area (Å²) in [5, 5.41) is 2.23. The van der Waals surface area contributed by atoms with Gasteiger partial charge in [0.25, 0.3) is 5.56 Å². The molecule has 1 aromatic carbocycles. The Morgan fingerprint density at radius 2 is 1.93 bits per heavy atom. The summed E-state index contributed by atoms with van der Waals surface area (Å²) in [6.45, 7) is 0.349. The Bertz CT molecular complexity index is 1200. The van der Waals surface area contributed by atoms with Crippen LogP contribution in [0.25, 0.3) is 21.7 Å². The number of rotatable bonds is 5. The molecule has 0 N–H and O–H groups in total. The Morgan fingerprint density at radius 1 is 1.11 bits per heavy atom. The highest BCUT2D eigenvalue weighted by molar-refractivity contribution is 7.13. The average Bonchev–Trinajstić information content (AvgIpc) is 3.24. The van der Waals surface area contributed by atoms with E-state index >= 15 is 0 Å². The first-order chi connectivity index (χ1) is 13.1. The molecule has 3 heterocycles. The number of benzene rings is 1. The number of thiophene rings is 1. The topological polar surface area (TPSA) is 79.0 Å². The minimum absolute atomic E-state index is 0.142. The van der Waals surface area contributed by atoms with Gasteiger partial charge in [0, 0.05) is 13.2 Å². The third kappa shape index (κ3) is 3.26. The van der Waals surface area contributed by atoms with Crippen LogP contribution in [0.15, 0.2) is 63.6 Å². The maximum absolute atomic E-state index is 12.8. The molecule has 0 aliphatic carbocycles. The summed E-state index contributed by atoms with van der Waals surface area (Å²) in [6.07, 6.45) is 1.48. The van der Waals surface area contributed by atoms with Crippen LogP contribution in [0.2, 0.25) is 0 Å². The van der Waals surface area contributed by atoms with Gasteiger partial charge in [-0.15, -0.1) is 11.3 Å². The van der Waals surface area contributed by atoms with Gasteiger partial charge >= 0.3 is 5.69 Å². The molecule has 0 amide bonds. The third-order valence-electron chi connectivity index (χ3n) is 4.15. The highest BCUT2D eigenvalue weighted by Gasteiger charge is 2.14. The van der Waals surface area contributed by atoms with E-state index in [4.69, 9.17) is 4.74 Å². The van der Waals surface area contributed by atoms with Gasteiger partial charge in [0.15, 0.2) is 11.5 Å². The number of para-hydroxylation sites is 1. The van der Waals surface area contributed by atoms with Crippen molar-refractivity contribution in [2.24, 2.45) is 7.05 Å². The summed E-state index contributed by atoms with van der Waals surface area (Å²) in [5.74, 6) is 1.18. The van der Waals surface area contributed by atoms with Crippen LogP contribution in [0.5, 0.6) is 5.75 Å². The van der Waals surface area contributed by atoms with E-state index in [1.807, 2.05) is 47.8 Å². The quantitative estimate of drug-likeness (QED) is 0.531. The van der Waals surface area contributed by atoms with E-state index in [-0.39, 0.29) is 13.2 Å². The standard InChI is InChI=1S/C19H16N4O3S/c1-22-17-14(12-20-16(21-17)15-8-5-11-27-15)18(24)23(19(22)25)9-10-26-13-6-3-2-4-7-13/h2-8,11-12H,9-10H2,1H3. The molecule has 0 unspecified atom stereocenters. The van der Waals surface area contributed by atoms with Crippen LogP contribution >= 0.6 is 11.3 Å². The van der Waals surface area contributed by atoms with E-state index in [0.29, 0.717) is 22.6 Å². The lowest BCUT2D eigenvalue weighted by Crippen LogP contribution is -2.40. The molecule has 8 heteroatoms. The second kappa shape index (κ2) is 7.16. The molecule has 0 saturated heterocycles. The van der Waals surface area contributed by atoms with E-state index < -0.39 is 11.2 Å². The molecule has 4 aromatic rings. The largest absolute Gasteiger partial charge is 0.492 e. The third-order valence-corrected chi connectivity index (χ3v) is 5.01. The first kappa shape index (κ1) is 17.2. The van der Waals surface area contributed by atoms with Gasteiger partial charge < -0.3 is 4.74 Å². The second-order valence-corrected chi connectivity index (χ2v) is 6.82. The molecule has 0 aliphatic rings. The molecule has 0 bridgehead atoms. The molecule has 7 nitrogen and oxygen atoms in total. The zero-order valence-electron chi connectivity index (χ0n) is 14.5. The Labute approximate surface area is 158 Å². The highest BCUT2D eigenvalue weighted by atomic mass is 32.1. The minimum Gasteiger partial charge on any atom is -0.492 e. The second-order valence-electron chi connectivity index (χ2n) is 5.87. The van der Waals surface area contributed by atoms with Gasteiger partial charge in [-0.3, -0.25) is 13.9 Å². The summed E-state index contributed by atoms with van der Waals surface area (Å²) in [4.78, 5) is 35.0. The Balaban J connectivity index is 1.69. The van der Waals surface area contributed by atoms with Crippen molar-refractivity contribution >= 4 is 22.4 Å². The van der Waals surface area contributed by atoms with E-state index in [2.05, 4.69) is 9.97 Å². The molecule has 0 aliphatic heterocycles. The highest BCUT2D eigenvalue weighted by Crippen LogP contribution is 2.21. The molecule has 136 valence electrons. The fourth-order valence-corrected chi connectivity index (χ4v) is 3.44. The number of fused-ring (bicyclic) bond motifs is 1. The van der Waals surface area contributed by atoms with Crippen molar-refractivity contribution in [2.45, 2.75) is 6.54 Å². The first-order valence-electron chi connectivity index (χ1n) is 8.33. The van der Waals surface area contributed by atoms with E-state index in [1.165, 1.54) is 22.1 Å². The van der Waals surface area contributed by atoms with Gasteiger partial charge in [0.05, 0.1) is 11.4 Å². The number of hydrogen-bond acceptors (Lipinski definition) is 6. The van der Waals surface area contributed by atoms with Crippen molar-refractivity contribution in [1.29, 1.82) is 0 Å². The Kier molecular flexibility index (Phi) is 4.55. The summed E-state index contributed by atoms with van der Waals surface area (Å²) >= 11 is 1.50. The summed E-state index contributed by atoms with van der Waals surface area (Å²) < 4.78 is 8.13. The molecular weight excluding hydrogens is 364 g/mol. The Hall–Kier alpha value is -3.26. The fraction of sp³-hybridized carbons (Fsp3) is 0.158.